The second-order valence-corrected chi connectivity index (χ2v) is 7.42. The highest BCUT2D eigenvalue weighted by molar-refractivity contribution is 6.46. The van der Waals surface area contributed by atoms with Gasteiger partial charge in [-0.3, -0.25) is 14.6 Å². The zero-order chi connectivity index (χ0) is 23.3. The van der Waals surface area contributed by atoms with Gasteiger partial charge in [0.25, 0.3) is 11.7 Å². The van der Waals surface area contributed by atoms with E-state index in [9.17, 15) is 19.8 Å². The van der Waals surface area contributed by atoms with Crippen LogP contribution in [0.1, 0.15) is 37.9 Å². The number of phenols is 1. The molecule has 2 N–H and O–H groups in total. The van der Waals surface area contributed by atoms with Crippen molar-refractivity contribution in [2.45, 2.75) is 26.8 Å². The van der Waals surface area contributed by atoms with Crippen LogP contribution in [0.25, 0.3) is 5.76 Å². The number of aliphatic hydroxyl groups excluding tert-OH is 1. The van der Waals surface area contributed by atoms with Gasteiger partial charge in [0, 0.05) is 31.0 Å². The average molecular weight is 440 g/mol. The predicted molar refractivity (Wildman–Crippen MR) is 120 cm³/mol. The van der Waals surface area contributed by atoms with Gasteiger partial charge in [0.05, 0.1) is 18.2 Å². The van der Waals surface area contributed by atoms with Crippen LogP contribution < -0.4 is 4.74 Å². The first-order valence-corrected chi connectivity index (χ1v) is 10.8. The Bertz CT molecular complexity index is 1000. The number of hydrogen-bond donors (Lipinski definition) is 2. The lowest BCUT2D eigenvalue weighted by Crippen LogP contribution is -2.38. The molecule has 0 aliphatic carbocycles. The third-order valence-corrected chi connectivity index (χ3v) is 5.64. The molecule has 1 unspecified atom stereocenters. The highest BCUT2D eigenvalue weighted by Gasteiger charge is 2.46. The minimum atomic E-state index is -0.807. The highest BCUT2D eigenvalue weighted by Crippen LogP contribution is 2.41. The Kier molecular flexibility index (Phi) is 7.48. The first-order valence-electron chi connectivity index (χ1n) is 10.8. The molecule has 1 aliphatic heterocycles. The summed E-state index contributed by atoms with van der Waals surface area (Å²) < 4.78 is 5.51. The number of amides is 1. The lowest BCUT2D eigenvalue weighted by atomic mass is 9.95. The number of benzene rings is 1. The van der Waals surface area contributed by atoms with Crippen molar-refractivity contribution in [2.75, 3.05) is 32.8 Å². The van der Waals surface area contributed by atoms with Crippen LogP contribution in [0.4, 0.5) is 0 Å². The quantitative estimate of drug-likeness (QED) is 0.352. The van der Waals surface area contributed by atoms with Crippen LogP contribution in [0.5, 0.6) is 11.5 Å². The van der Waals surface area contributed by atoms with Crippen molar-refractivity contribution in [3.63, 3.8) is 0 Å². The molecule has 0 spiro atoms. The van der Waals surface area contributed by atoms with E-state index < -0.39 is 17.7 Å². The molecule has 170 valence electrons. The molecule has 0 saturated carbocycles. The van der Waals surface area contributed by atoms with Crippen molar-refractivity contribution in [1.29, 1.82) is 0 Å². The van der Waals surface area contributed by atoms with E-state index in [1.807, 2.05) is 13.8 Å². The van der Waals surface area contributed by atoms with E-state index in [2.05, 4.69) is 9.88 Å². The van der Waals surface area contributed by atoms with Gasteiger partial charge in [0.1, 0.15) is 5.76 Å². The van der Waals surface area contributed by atoms with E-state index in [0.29, 0.717) is 30.8 Å². The normalized spacial score (nSPS) is 17.9. The lowest BCUT2D eigenvalue weighted by molar-refractivity contribution is -0.140. The van der Waals surface area contributed by atoms with E-state index >= 15 is 0 Å². The van der Waals surface area contributed by atoms with Gasteiger partial charge in [-0.15, -0.1) is 0 Å². The van der Waals surface area contributed by atoms with Gasteiger partial charge in [-0.2, -0.15) is 0 Å². The van der Waals surface area contributed by atoms with Crippen LogP contribution in [0, 0.1) is 0 Å². The average Bonchev–Trinajstić information content (AvgIpc) is 3.06. The third-order valence-electron chi connectivity index (χ3n) is 5.64. The number of aromatic nitrogens is 1. The minimum absolute atomic E-state index is 0.00823. The second kappa shape index (κ2) is 10.3. The Morgan fingerprint density at radius 3 is 2.44 bits per heavy atom. The van der Waals surface area contributed by atoms with Crippen LogP contribution in [-0.2, 0) is 9.59 Å². The molecule has 1 saturated heterocycles. The standard InChI is InChI=1S/C24H29N3O5/c1-4-26(5-2)13-14-27-21(17-7-8-18(28)19(15-17)32-6-3)20(23(30)24(27)31)22(29)16-9-11-25-12-10-16/h7-12,15,21,28-29H,4-6,13-14H2,1-3H3/b22-20+. The summed E-state index contributed by atoms with van der Waals surface area (Å²) >= 11 is 0. The summed E-state index contributed by atoms with van der Waals surface area (Å²) in [5.74, 6) is -1.45. The Hall–Kier alpha value is -3.39. The maximum atomic E-state index is 13.1. The topological polar surface area (TPSA) is 103 Å². The Labute approximate surface area is 187 Å². The largest absolute Gasteiger partial charge is 0.507 e. The summed E-state index contributed by atoms with van der Waals surface area (Å²) in [6.45, 7) is 8.74. The first kappa shape index (κ1) is 23.3. The van der Waals surface area contributed by atoms with Gasteiger partial charge in [-0.25, -0.2) is 0 Å². The van der Waals surface area contributed by atoms with E-state index in [0.717, 1.165) is 13.1 Å². The second-order valence-electron chi connectivity index (χ2n) is 7.42. The number of aliphatic hydroxyl groups is 1. The summed E-state index contributed by atoms with van der Waals surface area (Å²) in [6.07, 6.45) is 3.02. The number of rotatable bonds is 9. The number of likely N-dealkylation sites (N-methyl/N-ethyl adjacent to an activating group) is 1. The number of Topliss-reactive ketones (excluding diaryl/α,β-unsaturated/α-hetero) is 1. The van der Waals surface area contributed by atoms with E-state index in [1.54, 1.807) is 31.2 Å². The van der Waals surface area contributed by atoms with Crippen LogP contribution in [0.15, 0.2) is 48.3 Å². The van der Waals surface area contributed by atoms with Crippen molar-refractivity contribution in [1.82, 2.24) is 14.8 Å². The number of carbonyl (C=O) groups excluding carboxylic acids is 2. The van der Waals surface area contributed by atoms with Crippen molar-refractivity contribution in [3.8, 4) is 11.5 Å². The van der Waals surface area contributed by atoms with Crippen LogP contribution in [-0.4, -0.2) is 69.5 Å². The van der Waals surface area contributed by atoms with Crippen molar-refractivity contribution in [3.05, 3.63) is 59.4 Å². The fraction of sp³-hybridized carbons (Fsp3) is 0.375. The van der Waals surface area contributed by atoms with Crippen LogP contribution >= 0.6 is 0 Å². The molecule has 1 aromatic carbocycles. The van der Waals surface area contributed by atoms with Gasteiger partial charge in [0.15, 0.2) is 11.5 Å². The molecule has 1 amide bonds. The molecule has 2 heterocycles. The molecule has 8 nitrogen and oxygen atoms in total. The SMILES string of the molecule is CCOc1cc(C2/C(=C(\O)c3ccncc3)C(=O)C(=O)N2CCN(CC)CC)ccc1O. The van der Waals surface area contributed by atoms with Gasteiger partial charge < -0.3 is 24.7 Å². The number of phenolic OH excluding ortho intramolecular Hbond substituents is 1. The van der Waals surface area contributed by atoms with Crippen molar-refractivity contribution >= 4 is 17.4 Å². The molecular weight excluding hydrogens is 410 g/mol. The molecule has 1 aliphatic rings. The monoisotopic (exact) mass is 439 g/mol. The number of pyridine rings is 1. The number of likely N-dealkylation sites (tertiary alicyclic amines) is 1. The molecule has 2 aromatic rings. The number of carbonyl (C=O) groups is 2. The summed E-state index contributed by atoms with van der Waals surface area (Å²) in [5.41, 5.74) is 0.977. The maximum Gasteiger partial charge on any atom is 0.295 e. The zero-order valence-electron chi connectivity index (χ0n) is 18.6. The maximum absolute atomic E-state index is 13.1. The summed E-state index contributed by atoms with van der Waals surface area (Å²) in [5, 5.41) is 21.1. The first-order chi connectivity index (χ1) is 15.4. The number of ketones is 1. The third kappa shape index (κ3) is 4.60. The van der Waals surface area contributed by atoms with E-state index in [-0.39, 0.29) is 22.8 Å². The molecule has 1 atom stereocenters. The molecule has 0 bridgehead atoms. The fourth-order valence-electron chi connectivity index (χ4n) is 3.88. The summed E-state index contributed by atoms with van der Waals surface area (Å²) in [6, 6.07) is 7.07. The smallest absolute Gasteiger partial charge is 0.295 e. The summed E-state index contributed by atoms with van der Waals surface area (Å²) in [4.78, 5) is 33.7. The van der Waals surface area contributed by atoms with Gasteiger partial charge in [-0.05, 0) is 49.8 Å². The fourth-order valence-corrected chi connectivity index (χ4v) is 3.88. The molecular formula is C24H29N3O5. The zero-order valence-corrected chi connectivity index (χ0v) is 18.6. The Morgan fingerprint density at radius 1 is 1.12 bits per heavy atom. The Balaban J connectivity index is 2.12. The van der Waals surface area contributed by atoms with E-state index in [1.165, 1.54) is 23.4 Å². The highest BCUT2D eigenvalue weighted by atomic mass is 16.5. The van der Waals surface area contributed by atoms with Gasteiger partial charge in [0.2, 0.25) is 0 Å². The lowest BCUT2D eigenvalue weighted by Gasteiger charge is -2.28. The van der Waals surface area contributed by atoms with E-state index in [4.69, 9.17) is 4.74 Å². The molecule has 1 fully saturated rings. The van der Waals surface area contributed by atoms with Crippen molar-refractivity contribution in [2.24, 2.45) is 0 Å². The number of hydrogen-bond acceptors (Lipinski definition) is 7. The predicted octanol–water partition coefficient (Wildman–Crippen LogP) is 2.95. The Morgan fingerprint density at radius 2 is 1.81 bits per heavy atom. The van der Waals surface area contributed by atoms with Gasteiger partial charge >= 0.3 is 0 Å². The molecule has 8 heteroatoms. The molecule has 3 rings (SSSR count). The summed E-state index contributed by atoms with van der Waals surface area (Å²) in [7, 11) is 0. The van der Waals surface area contributed by atoms with Crippen LogP contribution in [0.2, 0.25) is 0 Å². The van der Waals surface area contributed by atoms with Gasteiger partial charge in [-0.1, -0.05) is 19.9 Å². The molecule has 32 heavy (non-hydrogen) atoms. The number of aromatic hydroxyl groups is 1. The van der Waals surface area contributed by atoms with Crippen molar-refractivity contribution < 1.29 is 24.5 Å². The number of ether oxygens (including phenoxy) is 1. The molecule has 0 radical (unpaired) electrons. The molecule has 1 aromatic heterocycles. The minimum Gasteiger partial charge on any atom is -0.507 e. The van der Waals surface area contributed by atoms with Crippen LogP contribution in [0.3, 0.4) is 0 Å². The number of nitrogens with zero attached hydrogens (tertiary/aromatic N) is 3.